The maximum Gasteiger partial charge on any atom is 0.256 e. The highest BCUT2D eigenvalue weighted by Crippen LogP contribution is 2.34. The number of hydrogen-bond donors (Lipinski definition) is 1. The number of fused-ring (bicyclic) bond motifs is 1. The van der Waals surface area contributed by atoms with Crippen LogP contribution in [0.5, 0.6) is 0 Å². The van der Waals surface area contributed by atoms with Crippen LogP contribution in [0, 0.1) is 0 Å². The van der Waals surface area contributed by atoms with Crippen LogP contribution in [0.4, 0.5) is 0 Å². The van der Waals surface area contributed by atoms with E-state index in [0.29, 0.717) is 13.1 Å². The largest absolute Gasteiger partial charge is 0.382 e. The quantitative estimate of drug-likeness (QED) is 0.708. The molecule has 0 spiro atoms. The van der Waals surface area contributed by atoms with Crippen molar-refractivity contribution in [3.63, 3.8) is 0 Å². The molecule has 2 heterocycles. The zero-order valence-electron chi connectivity index (χ0n) is 14.8. The first-order valence-electron chi connectivity index (χ1n) is 8.56. The fourth-order valence-electron chi connectivity index (χ4n) is 3.50. The van der Waals surface area contributed by atoms with Gasteiger partial charge in [-0.3, -0.25) is 4.79 Å². The molecule has 1 N–H and O–H groups in total. The average molecular weight is 410 g/mol. The van der Waals surface area contributed by atoms with Crippen LogP contribution in [0.1, 0.15) is 11.1 Å². The molecule has 0 saturated carbocycles. The van der Waals surface area contributed by atoms with E-state index in [1.165, 1.54) is 5.56 Å². The van der Waals surface area contributed by atoms with Crippen molar-refractivity contribution in [2.75, 3.05) is 13.6 Å². The smallest absolute Gasteiger partial charge is 0.256 e. The minimum absolute atomic E-state index is 0.0630. The molecule has 1 aromatic heterocycles. The van der Waals surface area contributed by atoms with Crippen molar-refractivity contribution in [1.29, 1.82) is 0 Å². The number of carbonyl (C=O) groups is 1. The van der Waals surface area contributed by atoms with Gasteiger partial charge in [0.05, 0.1) is 12.1 Å². The Bertz CT molecular complexity index is 1020. The van der Waals surface area contributed by atoms with Crippen LogP contribution >= 0.6 is 15.9 Å². The Balaban J connectivity index is 1.78. The molecule has 132 valence electrons. The molecule has 2 aromatic carbocycles. The molecule has 0 aliphatic carbocycles. The molecule has 3 aromatic rings. The third-order valence-electron chi connectivity index (χ3n) is 4.83. The molecule has 5 heteroatoms. The zero-order valence-corrected chi connectivity index (χ0v) is 16.4. The lowest BCUT2D eigenvalue weighted by Gasteiger charge is -2.10. The van der Waals surface area contributed by atoms with Gasteiger partial charge < -0.3 is 14.8 Å². The first-order chi connectivity index (χ1) is 12.5. The summed E-state index contributed by atoms with van der Waals surface area (Å²) in [6.45, 7) is 1.31. The van der Waals surface area contributed by atoms with E-state index in [9.17, 15) is 4.79 Å². The minimum atomic E-state index is 0.0630. The number of aryl methyl sites for hydroxylation is 1. The summed E-state index contributed by atoms with van der Waals surface area (Å²) in [5, 5.41) is 4.57. The second-order valence-corrected chi connectivity index (χ2v) is 7.58. The van der Waals surface area contributed by atoms with Crippen molar-refractivity contribution in [1.82, 2.24) is 14.8 Å². The number of hydrogen-bond acceptors (Lipinski definition) is 2. The molecule has 4 rings (SSSR count). The van der Waals surface area contributed by atoms with Crippen LogP contribution in [0.15, 0.2) is 64.9 Å². The number of halogens is 1. The standard InChI is InChI=1S/C21H20BrN3O/c1-24-12-17(16-10-15(22)8-9-19(16)24)20-18(13-25(2)21(20)26)23-11-14-6-4-3-5-7-14/h3-10,12,23H,11,13H2,1-2H3. The predicted octanol–water partition coefficient (Wildman–Crippen LogP) is 3.91. The lowest BCUT2D eigenvalue weighted by Crippen LogP contribution is -2.23. The van der Waals surface area contributed by atoms with Crippen molar-refractivity contribution in [3.8, 4) is 0 Å². The average Bonchev–Trinajstić information content (AvgIpc) is 3.10. The number of nitrogens with one attached hydrogen (secondary N) is 1. The highest BCUT2D eigenvalue weighted by molar-refractivity contribution is 9.10. The van der Waals surface area contributed by atoms with E-state index in [-0.39, 0.29) is 5.91 Å². The van der Waals surface area contributed by atoms with Gasteiger partial charge in [0.1, 0.15) is 0 Å². The van der Waals surface area contributed by atoms with Gasteiger partial charge in [0.2, 0.25) is 0 Å². The second kappa shape index (κ2) is 6.65. The van der Waals surface area contributed by atoms with Gasteiger partial charge in [0.25, 0.3) is 5.91 Å². The number of aromatic nitrogens is 1. The summed E-state index contributed by atoms with van der Waals surface area (Å²) in [6, 6.07) is 16.4. The highest BCUT2D eigenvalue weighted by Gasteiger charge is 2.30. The zero-order chi connectivity index (χ0) is 18.3. The van der Waals surface area contributed by atoms with Crippen molar-refractivity contribution < 1.29 is 4.79 Å². The van der Waals surface area contributed by atoms with Gasteiger partial charge in [-0.15, -0.1) is 0 Å². The summed E-state index contributed by atoms with van der Waals surface area (Å²) in [6.07, 6.45) is 2.05. The summed E-state index contributed by atoms with van der Waals surface area (Å²) in [5.74, 6) is 0.0630. The molecule has 1 aliphatic heterocycles. The van der Waals surface area contributed by atoms with E-state index in [0.717, 1.165) is 32.2 Å². The van der Waals surface area contributed by atoms with Gasteiger partial charge in [0, 0.05) is 53.5 Å². The Morgan fingerprint density at radius 1 is 1.12 bits per heavy atom. The lowest BCUT2D eigenvalue weighted by molar-refractivity contribution is -0.122. The van der Waals surface area contributed by atoms with Gasteiger partial charge >= 0.3 is 0 Å². The van der Waals surface area contributed by atoms with Crippen LogP contribution in [0.3, 0.4) is 0 Å². The Kier molecular flexibility index (Phi) is 4.32. The first-order valence-corrected chi connectivity index (χ1v) is 9.35. The Hall–Kier alpha value is -2.53. The number of rotatable bonds is 4. The monoisotopic (exact) mass is 409 g/mol. The Morgan fingerprint density at radius 2 is 1.88 bits per heavy atom. The van der Waals surface area contributed by atoms with Crippen LogP contribution in [-0.2, 0) is 18.4 Å². The Labute approximate surface area is 161 Å². The van der Waals surface area contributed by atoms with Crippen molar-refractivity contribution in [2.45, 2.75) is 6.54 Å². The highest BCUT2D eigenvalue weighted by atomic mass is 79.9. The van der Waals surface area contributed by atoms with E-state index in [4.69, 9.17) is 0 Å². The number of amides is 1. The minimum Gasteiger partial charge on any atom is -0.382 e. The van der Waals surface area contributed by atoms with Gasteiger partial charge in [-0.1, -0.05) is 46.3 Å². The topological polar surface area (TPSA) is 37.3 Å². The lowest BCUT2D eigenvalue weighted by atomic mass is 10.0. The molecule has 0 saturated heterocycles. The summed E-state index contributed by atoms with van der Waals surface area (Å²) < 4.78 is 3.08. The van der Waals surface area contributed by atoms with E-state index in [1.807, 2.05) is 44.6 Å². The number of nitrogens with zero attached hydrogens (tertiary/aromatic N) is 2. The molecule has 0 fully saturated rings. The molecule has 1 aliphatic rings. The number of carbonyl (C=O) groups excluding carboxylic acids is 1. The molecule has 0 bridgehead atoms. The van der Waals surface area contributed by atoms with Crippen LogP contribution < -0.4 is 5.32 Å². The molecule has 26 heavy (non-hydrogen) atoms. The van der Waals surface area contributed by atoms with Crippen molar-refractivity contribution in [3.05, 3.63) is 76.0 Å². The van der Waals surface area contributed by atoms with Gasteiger partial charge in [0.15, 0.2) is 0 Å². The molecule has 0 radical (unpaired) electrons. The normalized spacial score (nSPS) is 14.6. The fourth-order valence-corrected chi connectivity index (χ4v) is 3.86. The first kappa shape index (κ1) is 16.9. The van der Waals surface area contributed by atoms with Crippen LogP contribution in [-0.4, -0.2) is 29.0 Å². The van der Waals surface area contributed by atoms with Crippen LogP contribution in [0.2, 0.25) is 0 Å². The van der Waals surface area contributed by atoms with Crippen molar-refractivity contribution in [2.24, 2.45) is 7.05 Å². The molecular formula is C21H20BrN3O. The third-order valence-corrected chi connectivity index (χ3v) is 5.32. The third kappa shape index (κ3) is 2.92. The van der Waals surface area contributed by atoms with E-state index < -0.39 is 0 Å². The van der Waals surface area contributed by atoms with E-state index in [1.54, 1.807) is 4.90 Å². The molecule has 0 atom stereocenters. The summed E-state index contributed by atoms with van der Waals surface area (Å²) in [5.41, 5.74) is 5.04. The number of benzene rings is 2. The SMILES string of the molecule is CN1CC(NCc2ccccc2)=C(c2cn(C)c3ccc(Br)cc23)C1=O. The summed E-state index contributed by atoms with van der Waals surface area (Å²) in [4.78, 5) is 14.6. The van der Waals surface area contributed by atoms with E-state index in [2.05, 4.69) is 50.1 Å². The Morgan fingerprint density at radius 3 is 2.65 bits per heavy atom. The second-order valence-electron chi connectivity index (χ2n) is 6.67. The molecule has 1 amide bonds. The van der Waals surface area contributed by atoms with Crippen LogP contribution in [0.25, 0.3) is 16.5 Å². The van der Waals surface area contributed by atoms with Gasteiger partial charge in [-0.25, -0.2) is 0 Å². The predicted molar refractivity (Wildman–Crippen MR) is 108 cm³/mol. The molecular weight excluding hydrogens is 390 g/mol. The summed E-state index contributed by atoms with van der Waals surface area (Å²) >= 11 is 3.55. The molecule has 4 nitrogen and oxygen atoms in total. The van der Waals surface area contributed by atoms with Gasteiger partial charge in [-0.2, -0.15) is 0 Å². The van der Waals surface area contributed by atoms with Gasteiger partial charge in [-0.05, 0) is 23.8 Å². The molecule has 0 unspecified atom stereocenters. The maximum atomic E-state index is 12.9. The number of likely N-dealkylation sites (N-methyl/N-ethyl adjacent to an activating group) is 1. The van der Waals surface area contributed by atoms with Crippen molar-refractivity contribution >= 4 is 38.3 Å². The maximum absolute atomic E-state index is 12.9. The van der Waals surface area contributed by atoms with E-state index >= 15 is 0 Å². The fraction of sp³-hybridized carbons (Fsp3) is 0.190. The summed E-state index contributed by atoms with van der Waals surface area (Å²) in [7, 11) is 3.86.